The van der Waals surface area contributed by atoms with E-state index in [0.717, 1.165) is 11.8 Å². The van der Waals surface area contributed by atoms with Gasteiger partial charge in [0.15, 0.2) is 0 Å². The average Bonchev–Trinajstić information content (AvgIpc) is 2.87. The minimum Gasteiger partial charge on any atom is -0.198 e. The average molecular weight is 450 g/mol. The first-order valence-electron chi connectivity index (χ1n) is 14.7. The Bertz CT molecular complexity index is 667. The van der Waals surface area contributed by atoms with Gasteiger partial charge in [-0.05, 0) is 79.7 Å². The second-order valence-electron chi connectivity index (χ2n) is 11.5. The van der Waals surface area contributed by atoms with Crippen molar-refractivity contribution in [1.29, 1.82) is 5.26 Å². The van der Waals surface area contributed by atoms with E-state index in [-0.39, 0.29) is 0 Å². The van der Waals surface area contributed by atoms with E-state index >= 15 is 0 Å². The molecule has 1 heteroatoms. The maximum Gasteiger partial charge on any atom is 0.0658 e. The van der Waals surface area contributed by atoms with Gasteiger partial charge in [-0.1, -0.05) is 109 Å². The molecule has 0 N–H and O–H groups in total. The molecule has 0 spiro atoms. The van der Waals surface area contributed by atoms with Crippen LogP contribution < -0.4 is 0 Å². The van der Waals surface area contributed by atoms with Gasteiger partial charge >= 0.3 is 0 Å². The smallest absolute Gasteiger partial charge is 0.0658 e. The third-order valence-corrected chi connectivity index (χ3v) is 9.05. The molecule has 33 heavy (non-hydrogen) atoms. The highest BCUT2D eigenvalue weighted by atomic mass is 14.4. The Labute approximate surface area is 205 Å². The molecular formula is C32H51N. The molecular weight excluding hydrogens is 398 g/mol. The van der Waals surface area contributed by atoms with E-state index in [0.29, 0.717) is 17.8 Å². The second kappa shape index (κ2) is 14.9. The van der Waals surface area contributed by atoms with Crippen molar-refractivity contribution in [1.82, 2.24) is 0 Å². The van der Waals surface area contributed by atoms with E-state index in [1.165, 1.54) is 121 Å². The van der Waals surface area contributed by atoms with Crippen LogP contribution >= 0.6 is 0 Å². The topological polar surface area (TPSA) is 23.8 Å². The van der Waals surface area contributed by atoms with Crippen LogP contribution in [-0.4, -0.2) is 0 Å². The molecule has 0 aliphatic heterocycles. The molecule has 2 aliphatic carbocycles. The van der Waals surface area contributed by atoms with Crippen molar-refractivity contribution in [3.8, 4) is 6.07 Å². The zero-order valence-electron chi connectivity index (χ0n) is 21.9. The molecule has 184 valence electrons. The molecule has 0 heterocycles. The zero-order chi connectivity index (χ0) is 23.3. The summed E-state index contributed by atoms with van der Waals surface area (Å²) in [6.07, 6.45) is 24.1. The van der Waals surface area contributed by atoms with Gasteiger partial charge in [-0.25, -0.2) is 0 Å². The number of nitriles is 1. The van der Waals surface area contributed by atoms with Crippen LogP contribution in [0.2, 0.25) is 0 Å². The van der Waals surface area contributed by atoms with Gasteiger partial charge in [-0.2, -0.15) is 5.26 Å². The Balaban J connectivity index is 1.38. The molecule has 2 fully saturated rings. The molecule has 1 aromatic carbocycles. The highest BCUT2D eigenvalue weighted by molar-refractivity contribution is 5.26. The lowest BCUT2D eigenvalue weighted by Crippen LogP contribution is -2.24. The van der Waals surface area contributed by atoms with Gasteiger partial charge in [0.2, 0.25) is 0 Å². The fourth-order valence-corrected chi connectivity index (χ4v) is 6.70. The number of aryl methyl sites for hydroxylation is 1. The summed E-state index contributed by atoms with van der Waals surface area (Å²) in [6.45, 7) is 4.59. The SMILES string of the molecule is CCCCCCCc1ccc([C@H]2CC[C@H](C(C#N)C[C@H]3CC[C@H](CCCC)CC3)CC2)cc1. The van der Waals surface area contributed by atoms with Crippen LogP contribution in [0.3, 0.4) is 0 Å². The van der Waals surface area contributed by atoms with Gasteiger partial charge in [0.25, 0.3) is 0 Å². The fourth-order valence-electron chi connectivity index (χ4n) is 6.70. The first-order valence-corrected chi connectivity index (χ1v) is 14.7. The number of hydrogen-bond donors (Lipinski definition) is 0. The lowest BCUT2D eigenvalue weighted by Gasteiger charge is -2.34. The van der Waals surface area contributed by atoms with E-state index in [4.69, 9.17) is 0 Å². The van der Waals surface area contributed by atoms with E-state index in [9.17, 15) is 5.26 Å². The van der Waals surface area contributed by atoms with Crippen molar-refractivity contribution in [2.75, 3.05) is 0 Å². The summed E-state index contributed by atoms with van der Waals surface area (Å²) in [4.78, 5) is 0. The number of rotatable bonds is 13. The van der Waals surface area contributed by atoms with Crippen LogP contribution in [0.1, 0.15) is 140 Å². The van der Waals surface area contributed by atoms with Crippen LogP contribution in [-0.2, 0) is 6.42 Å². The summed E-state index contributed by atoms with van der Waals surface area (Å²) < 4.78 is 0. The van der Waals surface area contributed by atoms with Crippen LogP contribution in [0.4, 0.5) is 0 Å². The van der Waals surface area contributed by atoms with Crippen LogP contribution in [0, 0.1) is 35.0 Å². The summed E-state index contributed by atoms with van der Waals surface area (Å²) in [5, 5.41) is 9.96. The Morgan fingerprint density at radius 3 is 2.03 bits per heavy atom. The van der Waals surface area contributed by atoms with Crippen molar-refractivity contribution in [2.45, 2.75) is 135 Å². The van der Waals surface area contributed by atoms with Crippen molar-refractivity contribution in [2.24, 2.45) is 23.7 Å². The molecule has 2 saturated carbocycles. The predicted molar refractivity (Wildman–Crippen MR) is 142 cm³/mol. The van der Waals surface area contributed by atoms with Gasteiger partial charge in [0.05, 0.1) is 6.07 Å². The first kappa shape index (κ1) is 26.3. The molecule has 3 rings (SSSR count). The summed E-state index contributed by atoms with van der Waals surface area (Å²) >= 11 is 0. The van der Waals surface area contributed by atoms with E-state index in [1.54, 1.807) is 5.56 Å². The van der Waals surface area contributed by atoms with Gasteiger partial charge in [0.1, 0.15) is 0 Å². The lowest BCUT2D eigenvalue weighted by molar-refractivity contribution is 0.193. The number of nitrogens with zero attached hydrogens (tertiary/aromatic N) is 1. The molecule has 1 atom stereocenters. The highest BCUT2D eigenvalue weighted by Gasteiger charge is 2.31. The summed E-state index contributed by atoms with van der Waals surface area (Å²) in [6, 6.07) is 12.3. The molecule has 0 amide bonds. The maximum absolute atomic E-state index is 9.96. The standard InChI is InChI=1S/C32H51N/c1-3-5-7-8-9-11-27-16-18-29(19-17-27)30-20-22-31(23-21-30)32(25-33)24-28-14-12-26(13-15-28)10-6-4-2/h16-19,26,28,30-32H,3-15,20-24H2,1-2H3/t26-,28-,30-,31-,32?. The van der Waals surface area contributed by atoms with Crippen molar-refractivity contribution >= 4 is 0 Å². The second-order valence-corrected chi connectivity index (χ2v) is 11.5. The van der Waals surface area contributed by atoms with E-state index in [1.807, 2.05) is 0 Å². The van der Waals surface area contributed by atoms with E-state index < -0.39 is 0 Å². The Morgan fingerprint density at radius 2 is 1.39 bits per heavy atom. The summed E-state index contributed by atoms with van der Waals surface area (Å²) in [7, 11) is 0. The zero-order valence-corrected chi connectivity index (χ0v) is 21.9. The molecule has 0 radical (unpaired) electrons. The number of benzene rings is 1. The normalized spacial score (nSPS) is 26.6. The molecule has 1 unspecified atom stereocenters. The van der Waals surface area contributed by atoms with Gasteiger partial charge < -0.3 is 0 Å². The molecule has 0 bridgehead atoms. The van der Waals surface area contributed by atoms with Gasteiger partial charge in [-0.3, -0.25) is 0 Å². The number of unbranched alkanes of at least 4 members (excludes halogenated alkanes) is 5. The summed E-state index contributed by atoms with van der Waals surface area (Å²) in [5.41, 5.74) is 3.06. The lowest BCUT2D eigenvalue weighted by atomic mass is 9.70. The Kier molecular flexibility index (Phi) is 11.9. The Hall–Kier alpha value is -1.29. The molecule has 1 nitrogen and oxygen atoms in total. The monoisotopic (exact) mass is 449 g/mol. The Morgan fingerprint density at radius 1 is 0.758 bits per heavy atom. The predicted octanol–water partition coefficient (Wildman–Crippen LogP) is 10.00. The van der Waals surface area contributed by atoms with E-state index in [2.05, 4.69) is 44.2 Å². The number of hydrogen-bond acceptors (Lipinski definition) is 1. The van der Waals surface area contributed by atoms with Crippen molar-refractivity contribution in [3.63, 3.8) is 0 Å². The van der Waals surface area contributed by atoms with Crippen molar-refractivity contribution in [3.05, 3.63) is 35.4 Å². The molecule has 0 saturated heterocycles. The van der Waals surface area contributed by atoms with Gasteiger partial charge in [0, 0.05) is 5.92 Å². The minimum atomic E-state index is 0.304. The van der Waals surface area contributed by atoms with Gasteiger partial charge in [-0.15, -0.1) is 0 Å². The molecule has 2 aliphatic rings. The van der Waals surface area contributed by atoms with Crippen LogP contribution in [0.5, 0.6) is 0 Å². The quantitative estimate of drug-likeness (QED) is 0.275. The molecule has 0 aromatic heterocycles. The van der Waals surface area contributed by atoms with Crippen molar-refractivity contribution < 1.29 is 0 Å². The third kappa shape index (κ3) is 8.77. The minimum absolute atomic E-state index is 0.304. The molecule has 1 aromatic rings. The first-order chi connectivity index (χ1) is 16.2. The fraction of sp³-hybridized carbons (Fsp3) is 0.781. The maximum atomic E-state index is 9.96. The summed E-state index contributed by atoms with van der Waals surface area (Å²) in [5.74, 6) is 3.46. The highest BCUT2D eigenvalue weighted by Crippen LogP contribution is 2.42. The van der Waals surface area contributed by atoms with Crippen LogP contribution in [0.15, 0.2) is 24.3 Å². The third-order valence-electron chi connectivity index (χ3n) is 9.05. The largest absolute Gasteiger partial charge is 0.198 e. The van der Waals surface area contributed by atoms with Crippen LogP contribution in [0.25, 0.3) is 0 Å².